The molecular weight excluding hydrogens is 178 g/mol. The van der Waals surface area contributed by atoms with E-state index in [2.05, 4.69) is 18.9 Å². The SMILES string of the molecule is CC(C)c1cnn2c1OC[C@@H](CN)C2. The van der Waals surface area contributed by atoms with Gasteiger partial charge in [-0.05, 0) is 5.92 Å². The van der Waals surface area contributed by atoms with E-state index in [-0.39, 0.29) is 0 Å². The summed E-state index contributed by atoms with van der Waals surface area (Å²) in [5, 5.41) is 4.31. The second kappa shape index (κ2) is 3.61. The summed E-state index contributed by atoms with van der Waals surface area (Å²) in [5.41, 5.74) is 6.80. The molecule has 0 amide bonds. The maximum Gasteiger partial charge on any atom is 0.215 e. The molecule has 78 valence electrons. The van der Waals surface area contributed by atoms with E-state index in [1.165, 1.54) is 5.56 Å². The van der Waals surface area contributed by atoms with Crippen molar-refractivity contribution in [3.63, 3.8) is 0 Å². The van der Waals surface area contributed by atoms with Crippen molar-refractivity contribution < 1.29 is 4.74 Å². The standard InChI is InChI=1S/C10H17N3O/c1-7(2)9-4-12-13-5-8(3-11)6-14-10(9)13/h4,7-8H,3,5-6,11H2,1-2H3/t8-/m0/s1. The molecule has 2 rings (SSSR count). The number of ether oxygens (including phenoxy) is 1. The lowest BCUT2D eigenvalue weighted by Crippen LogP contribution is -2.31. The number of fused-ring (bicyclic) bond motifs is 1. The van der Waals surface area contributed by atoms with Crippen LogP contribution in [0.15, 0.2) is 6.20 Å². The molecule has 0 aliphatic carbocycles. The predicted molar refractivity (Wildman–Crippen MR) is 54.4 cm³/mol. The Morgan fingerprint density at radius 2 is 2.50 bits per heavy atom. The molecule has 0 spiro atoms. The Morgan fingerprint density at radius 1 is 1.71 bits per heavy atom. The van der Waals surface area contributed by atoms with E-state index >= 15 is 0 Å². The average molecular weight is 195 g/mol. The van der Waals surface area contributed by atoms with Crippen molar-refractivity contribution >= 4 is 0 Å². The first-order valence-electron chi connectivity index (χ1n) is 5.11. The van der Waals surface area contributed by atoms with Crippen molar-refractivity contribution in [3.05, 3.63) is 11.8 Å². The number of rotatable bonds is 2. The zero-order valence-corrected chi connectivity index (χ0v) is 8.73. The van der Waals surface area contributed by atoms with Crippen LogP contribution in [-0.4, -0.2) is 22.9 Å². The highest BCUT2D eigenvalue weighted by Crippen LogP contribution is 2.29. The molecule has 0 bridgehead atoms. The summed E-state index contributed by atoms with van der Waals surface area (Å²) in [6.07, 6.45) is 1.90. The summed E-state index contributed by atoms with van der Waals surface area (Å²) < 4.78 is 7.61. The zero-order valence-electron chi connectivity index (χ0n) is 8.73. The smallest absolute Gasteiger partial charge is 0.215 e. The second-order valence-electron chi connectivity index (χ2n) is 4.15. The van der Waals surface area contributed by atoms with Crippen LogP contribution in [-0.2, 0) is 6.54 Å². The van der Waals surface area contributed by atoms with Crippen LogP contribution >= 0.6 is 0 Å². The van der Waals surface area contributed by atoms with E-state index in [0.717, 1.165) is 19.0 Å². The highest BCUT2D eigenvalue weighted by atomic mass is 16.5. The number of hydrogen-bond acceptors (Lipinski definition) is 3. The molecule has 0 saturated heterocycles. The summed E-state index contributed by atoms with van der Waals surface area (Å²) in [6.45, 7) is 6.57. The van der Waals surface area contributed by atoms with Crippen molar-refractivity contribution in [3.8, 4) is 5.88 Å². The molecule has 1 aromatic heterocycles. The molecule has 0 saturated carbocycles. The molecule has 0 radical (unpaired) electrons. The van der Waals surface area contributed by atoms with Crippen molar-refractivity contribution in [1.82, 2.24) is 9.78 Å². The average Bonchev–Trinajstić information content (AvgIpc) is 2.59. The van der Waals surface area contributed by atoms with Gasteiger partial charge in [0.25, 0.3) is 0 Å². The van der Waals surface area contributed by atoms with E-state index in [4.69, 9.17) is 10.5 Å². The summed E-state index contributed by atoms with van der Waals surface area (Å²) in [5.74, 6) is 1.81. The minimum atomic E-state index is 0.405. The Labute approximate surface area is 84.0 Å². The maximum absolute atomic E-state index is 5.68. The van der Waals surface area contributed by atoms with Gasteiger partial charge in [0.1, 0.15) is 0 Å². The number of aromatic nitrogens is 2. The van der Waals surface area contributed by atoms with Crippen LogP contribution in [0.4, 0.5) is 0 Å². The third-order valence-corrected chi connectivity index (χ3v) is 2.66. The monoisotopic (exact) mass is 195 g/mol. The maximum atomic E-state index is 5.68. The molecule has 1 aliphatic rings. The summed E-state index contributed by atoms with van der Waals surface area (Å²) >= 11 is 0. The molecule has 0 aromatic carbocycles. The van der Waals surface area contributed by atoms with Crippen molar-refractivity contribution in [2.24, 2.45) is 11.7 Å². The lowest BCUT2D eigenvalue weighted by molar-refractivity contribution is 0.166. The van der Waals surface area contributed by atoms with Gasteiger partial charge in [0, 0.05) is 18.0 Å². The highest BCUT2D eigenvalue weighted by Gasteiger charge is 2.23. The number of nitrogens with two attached hydrogens (primary N) is 1. The van der Waals surface area contributed by atoms with Crippen molar-refractivity contribution in [2.75, 3.05) is 13.2 Å². The van der Waals surface area contributed by atoms with Crippen molar-refractivity contribution in [1.29, 1.82) is 0 Å². The molecular formula is C10H17N3O. The molecule has 0 unspecified atom stereocenters. The molecule has 1 aromatic rings. The van der Waals surface area contributed by atoms with E-state index in [9.17, 15) is 0 Å². The van der Waals surface area contributed by atoms with Crippen LogP contribution in [0.25, 0.3) is 0 Å². The van der Waals surface area contributed by atoms with Crippen LogP contribution in [0.3, 0.4) is 0 Å². The topological polar surface area (TPSA) is 53.1 Å². The minimum absolute atomic E-state index is 0.405. The molecule has 4 nitrogen and oxygen atoms in total. The van der Waals surface area contributed by atoms with Gasteiger partial charge in [0.2, 0.25) is 5.88 Å². The summed E-state index contributed by atoms with van der Waals surface area (Å²) in [4.78, 5) is 0. The number of nitrogens with zero attached hydrogens (tertiary/aromatic N) is 2. The molecule has 0 fully saturated rings. The van der Waals surface area contributed by atoms with Crippen LogP contribution in [0.1, 0.15) is 25.3 Å². The normalized spacial score (nSPS) is 20.7. The highest BCUT2D eigenvalue weighted by molar-refractivity contribution is 5.28. The van der Waals surface area contributed by atoms with Crippen molar-refractivity contribution in [2.45, 2.75) is 26.3 Å². The largest absolute Gasteiger partial charge is 0.477 e. The van der Waals surface area contributed by atoms with Crippen LogP contribution in [0.5, 0.6) is 5.88 Å². The molecule has 2 heterocycles. The number of hydrogen-bond donors (Lipinski definition) is 1. The molecule has 1 atom stereocenters. The fraction of sp³-hybridized carbons (Fsp3) is 0.700. The van der Waals surface area contributed by atoms with Crippen LogP contribution in [0.2, 0.25) is 0 Å². The first-order valence-corrected chi connectivity index (χ1v) is 5.11. The van der Waals surface area contributed by atoms with E-state index in [1.54, 1.807) is 0 Å². The van der Waals surface area contributed by atoms with E-state index < -0.39 is 0 Å². The Hall–Kier alpha value is -1.03. The Bertz CT molecular complexity index is 319. The Balaban J connectivity index is 2.25. The zero-order chi connectivity index (χ0) is 10.1. The fourth-order valence-electron chi connectivity index (χ4n) is 1.71. The van der Waals surface area contributed by atoms with E-state index in [0.29, 0.717) is 18.4 Å². The molecule has 14 heavy (non-hydrogen) atoms. The van der Waals surface area contributed by atoms with Gasteiger partial charge in [-0.15, -0.1) is 0 Å². The van der Waals surface area contributed by atoms with Gasteiger partial charge in [0.05, 0.1) is 19.3 Å². The van der Waals surface area contributed by atoms with Gasteiger partial charge in [-0.3, -0.25) is 0 Å². The van der Waals surface area contributed by atoms with Gasteiger partial charge >= 0.3 is 0 Å². The van der Waals surface area contributed by atoms with Gasteiger partial charge in [0.15, 0.2) is 0 Å². The Kier molecular flexibility index (Phi) is 2.46. The lowest BCUT2D eigenvalue weighted by Gasteiger charge is -2.24. The van der Waals surface area contributed by atoms with Gasteiger partial charge in [-0.25, -0.2) is 4.68 Å². The third kappa shape index (κ3) is 1.50. The van der Waals surface area contributed by atoms with E-state index in [1.807, 2.05) is 10.9 Å². The summed E-state index contributed by atoms with van der Waals surface area (Å²) in [7, 11) is 0. The lowest BCUT2D eigenvalue weighted by atomic mass is 10.1. The van der Waals surface area contributed by atoms with Crippen LogP contribution in [0, 0.1) is 5.92 Å². The minimum Gasteiger partial charge on any atom is -0.477 e. The van der Waals surface area contributed by atoms with Gasteiger partial charge in [-0.1, -0.05) is 13.8 Å². The third-order valence-electron chi connectivity index (χ3n) is 2.66. The molecule has 4 heteroatoms. The molecule has 1 aliphatic heterocycles. The van der Waals surface area contributed by atoms with Gasteiger partial charge in [-0.2, -0.15) is 5.10 Å². The second-order valence-corrected chi connectivity index (χ2v) is 4.15. The first kappa shape index (κ1) is 9.52. The predicted octanol–water partition coefficient (Wildman–Crippen LogP) is 0.974. The van der Waals surface area contributed by atoms with Crippen LogP contribution < -0.4 is 10.5 Å². The van der Waals surface area contributed by atoms with Gasteiger partial charge < -0.3 is 10.5 Å². The first-order chi connectivity index (χ1) is 6.72. The molecule has 2 N–H and O–H groups in total. The fourth-order valence-corrected chi connectivity index (χ4v) is 1.71. The quantitative estimate of drug-likeness (QED) is 0.765. The summed E-state index contributed by atoms with van der Waals surface area (Å²) in [6, 6.07) is 0. The Morgan fingerprint density at radius 3 is 3.14 bits per heavy atom.